The first kappa shape index (κ1) is 17.4. The summed E-state index contributed by atoms with van der Waals surface area (Å²) in [5.74, 6) is -1.44. The van der Waals surface area contributed by atoms with E-state index in [4.69, 9.17) is 4.74 Å². The number of ether oxygens (including phenoxy) is 1. The van der Waals surface area contributed by atoms with Crippen LogP contribution < -0.4 is 4.74 Å². The van der Waals surface area contributed by atoms with Crippen LogP contribution in [0.15, 0.2) is 40.9 Å². The third kappa shape index (κ3) is 3.69. The lowest BCUT2D eigenvalue weighted by molar-refractivity contribution is 0.0742. The topological polar surface area (TPSA) is 29.5 Å². The zero-order valence-electron chi connectivity index (χ0n) is 12.9. The molecule has 0 unspecified atom stereocenters. The molecule has 2 aromatic rings. The van der Waals surface area contributed by atoms with Crippen molar-refractivity contribution in [2.24, 2.45) is 0 Å². The minimum atomic E-state index is -0.928. The van der Waals surface area contributed by atoms with Gasteiger partial charge in [-0.25, -0.2) is 8.78 Å². The van der Waals surface area contributed by atoms with Crippen LogP contribution in [0.2, 0.25) is 0 Å². The van der Waals surface area contributed by atoms with Gasteiger partial charge in [0.1, 0.15) is 5.75 Å². The van der Waals surface area contributed by atoms with E-state index in [2.05, 4.69) is 15.9 Å². The molecule has 0 bridgehead atoms. The van der Waals surface area contributed by atoms with E-state index < -0.39 is 17.7 Å². The maximum Gasteiger partial charge on any atom is 0.254 e. The molecule has 0 radical (unpaired) electrons. The largest absolute Gasteiger partial charge is 0.496 e. The van der Waals surface area contributed by atoms with Gasteiger partial charge in [-0.15, -0.1) is 0 Å². The highest BCUT2D eigenvalue weighted by molar-refractivity contribution is 9.10. The SMILES string of the molecule is COc1ccc(C(=O)N(C)[C@@H](C)c2ccc(F)c(F)c2)cc1Br. The van der Waals surface area contributed by atoms with Crippen LogP contribution in [-0.2, 0) is 0 Å². The molecular weight excluding hydrogens is 368 g/mol. The summed E-state index contributed by atoms with van der Waals surface area (Å²) in [5.41, 5.74) is 0.988. The molecule has 6 heteroatoms. The predicted molar refractivity (Wildman–Crippen MR) is 87.6 cm³/mol. The molecule has 0 aliphatic carbocycles. The molecular formula is C17H16BrF2NO2. The quantitative estimate of drug-likeness (QED) is 0.773. The summed E-state index contributed by atoms with van der Waals surface area (Å²) >= 11 is 3.34. The lowest BCUT2D eigenvalue weighted by Crippen LogP contribution is -2.29. The first-order chi connectivity index (χ1) is 10.8. The van der Waals surface area contributed by atoms with Crippen LogP contribution >= 0.6 is 15.9 Å². The third-order valence-corrected chi connectivity index (χ3v) is 4.35. The van der Waals surface area contributed by atoms with Crippen LogP contribution in [0.25, 0.3) is 0 Å². The van der Waals surface area contributed by atoms with E-state index in [0.717, 1.165) is 12.1 Å². The second-order valence-corrected chi connectivity index (χ2v) is 5.97. The molecule has 2 aromatic carbocycles. The summed E-state index contributed by atoms with van der Waals surface area (Å²) in [6.45, 7) is 1.75. The van der Waals surface area contributed by atoms with Gasteiger partial charge in [-0.2, -0.15) is 0 Å². The fourth-order valence-corrected chi connectivity index (χ4v) is 2.72. The number of methoxy groups -OCH3 is 1. The van der Waals surface area contributed by atoms with Gasteiger partial charge in [0.2, 0.25) is 0 Å². The van der Waals surface area contributed by atoms with Crippen molar-refractivity contribution < 1.29 is 18.3 Å². The molecule has 122 valence electrons. The van der Waals surface area contributed by atoms with Gasteiger partial charge in [0.15, 0.2) is 11.6 Å². The number of rotatable bonds is 4. The Hall–Kier alpha value is -1.95. The van der Waals surface area contributed by atoms with Crippen molar-refractivity contribution >= 4 is 21.8 Å². The van der Waals surface area contributed by atoms with Crippen molar-refractivity contribution in [2.75, 3.05) is 14.2 Å². The van der Waals surface area contributed by atoms with E-state index in [1.54, 1.807) is 39.3 Å². The van der Waals surface area contributed by atoms with Crippen molar-refractivity contribution in [3.05, 3.63) is 63.6 Å². The second-order valence-electron chi connectivity index (χ2n) is 5.11. The third-order valence-electron chi connectivity index (χ3n) is 3.73. The normalized spacial score (nSPS) is 11.9. The van der Waals surface area contributed by atoms with Gasteiger partial charge in [0.25, 0.3) is 5.91 Å². The number of hydrogen-bond acceptors (Lipinski definition) is 2. The predicted octanol–water partition coefficient (Wildman–Crippen LogP) is 4.57. The molecule has 0 aromatic heterocycles. The Kier molecular flexibility index (Phi) is 5.36. The van der Waals surface area contributed by atoms with E-state index in [1.807, 2.05) is 0 Å². The molecule has 23 heavy (non-hydrogen) atoms. The van der Waals surface area contributed by atoms with E-state index in [-0.39, 0.29) is 5.91 Å². The van der Waals surface area contributed by atoms with Crippen LogP contribution in [0.5, 0.6) is 5.75 Å². The van der Waals surface area contributed by atoms with Gasteiger partial charge < -0.3 is 9.64 Å². The van der Waals surface area contributed by atoms with Crippen LogP contribution in [0.3, 0.4) is 0 Å². The molecule has 0 aliphatic rings. The Morgan fingerprint density at radius 3 is 2.43 bits per heavy atom. The zero-order valence-corrected chi connectivity index (χ0v) is 14.5. The van der Waals surface area contributed by atoms with Gasteiger partial charge in [-0.1, -0.05) is 6.07 Å². The fourth-order valence-electron chi connectivity index (χ4n) is 2.17. The highest BCUT2D eigenvalue weighted by Gasteiger charge is 2.20. The Bertz CT molecular complexity index is 737. The molecule has 0 saturated heterocycles. The molecule has 0 aliphatic heterocycles. The number of nitrogens with zero attached hydrogens (tertiary/aromatic N) is 1. The fraction of sp³-hybridized carbons (Fsp3) is 0.235. The highest BCUT2D eigenvalue weighted by Crippen LogP contribution is 2.28. The Labute approximate surface area is 142 Å². The minimum Gasteiger partial charge on any atom is -0.496 e. The lowest BCUT2D eigenvalue weighted by atomic mass is 10.1. The minimum absolute atomic E-state index is 0.231. The lowest BCUT2D eigenvalue weighted by Gasteiger charge is -2.25. The van der Waals surface area contributed by atoms with Crippen LogP contribution in [0.4, 0.5) is 8.78 Å². The molecule has 0 fully saturated rings. The van der Waals surface area contributed by atoms with Gasteiger partial charge in [0.05, 0.1) is 17.6 Å². The van der Waals surface area contributed by atoms with Crippen molar-refractivity contribution in [2.45, 2.75) is 13.0 Å². The van der Waals surface area contributed by atoms with E-state index in [0.29, 0.717) is 21.3 Å². The van der Waals surface area contributed by atoms with E-state index in [1.165, 1.54) is 11.0 Å². The van der Waals surface area contributed by atoms with Gasteiger partial charge in [-0.05, 0) is 58.7 Å². The second kappa shape index (κ2) is 7.08. The van der Waals surface area contributed by atoms with E-state index in [9.17, 15) is 13.6 Å². The van der Waals surface area contributed by atoms with E-state index >= 15 is 0 Å². The van der Waals surface area contributed by atoms with Crippen molar-refractivity contribution in [3.8, 4) is 5.75 Å². The molecule has 0 heterocycles. The first-order valence-electron chi connectivity index (χ1n) is 6.90. The summed E-state index contributed by atoms with van der Waals surface area (Å²) in [6.07, 6.45) is 0. The molecule has 3 nitrogen and oxygen atoms in total. The highest BCUT2D eigenvalue weighted by atomic mass is 79.9. The Morgan fingerprint density at radius 1 is 1.17 bits per heavy atom. The van der Waals surface area contributed by atoms with Gasteiger partial charge >= 0.3 is 0 Å². The monoisotopic (exact) mass is 383 g/mol. The van der Waals surface area contributed by atoms with Crippen molar-refractivity contribution in [1.82, 2.24) is 4.90 Å². The molecule has 2 rings (SSSR count). The smallest absolute Gasteiger partial charge is 0.254 e. The number of benzene rings is 2. The maximum absolute atomic E-state index is 13.4. The van der Waals surface area contributed by atoms with Crippen molar-refractivity contribution in [3.63, 3.8) is 0 Å². The number of hydrogen-bond donors (Lipinski definition) is 0. The molecule has 0 saturated carbocycles. The molecule has 0 spiro atoms. The number of carbonyl (C=O) groups is 1. The average Bonchev–Trinajstić information content (AvgIpc) is 2.55. The molecule has 1 amide bonds. The summed E-state index contributed by atoms with van der Waals surface area (Å²) in [4.78, 5) is 14.0. The number of carbonyl (C=O) groups excluding carboxylic acids is 1. The summed E-state index contributed by atoms with van der Waals surface area (Å²) in [7, 11) is 3.16. The summed E-state index contributed by atoms with van der Waals surface area (Å²) < 4.78 is 32.2. The van der Waals surface area contributed by atoms with Crippen LogP contribution in [-0.4, -0.2) is 25.0 Å². The standard InChI is InChI=1S/C17H16BrF2NO2/c1-10(11-4-6-14(19)15(20)9-11)21(2)17(22)12-5-7-16(23-3)13(18)8-12/h4-10H,1-3H3/t10-/m0/s1. The summed E-state index contributed by atoms with van der Waals surface area (Å²) in [6, 6.07) is 8.23. The Balaban J connectivity index is 2.24. The summed E-state index contributed by atoms with van der Waals surface area (Å²) in [5, 5.41) is 0. The first-order valence-corrected chi connectivity index (χ1v) is 7.70. The maximum atomic E-state index is 13.4. The number of amides is 1. The van der Waals surface area contributed by atoms with Gasteiger partial charge in [0, 0.05) is 12.6 Å². The average molecular weight is 384 g/mol. The van der Waals surface area contributed by atoms with Gasteiger partial charge in [-0.3, -0.25) is 4.79 Å². The molecule has 0 N–H and O–H groups in total. The molecule has 1 atom stereocenters. The van der Waals surface area contributed by atoms with Crippen LogP contribution in [0.1, 0.15) is 28.9 Å². The van der Waals surface area contributed by atoms with Crippen molar-refractivity contribution in [1.29, 1.82) is 0 Å². The van der Waals surface area contributed by atoms with Crippen LogP contribution in [0, 0.1) is 11.6 Å². The Morgan fingerprint density at radius 2 is 1.87 bits per heavy atom. The zero-order chi connectivity index (χ0) is 17.1. The number of halogens is 3.